The molecule has 0 saturated carbocycles. The lowest BCUT2D eigenvalue weighted by atomic mass is 9.87. The first kappa shape index (κ1) is 52.0. The zero-order valence-corrected chi connectivity index (χ0v) is 38.3. The van der Waals surface area contributed by atoms with E-state index < -0.39 is 0 Å². The molecule has 0 bridgehead atoms. The van der Waals surface area contributed by atoms with Gasteiger partial charge in [-0.05, 0) is 35.5 Å². The quantitative estimate of drug-likeness (QED) is 0.0548. The van der Waals surface area contributed by atoms with Crippen LogP contribution in [0.2, 0.25) is 0 Å². The van der Waals surface area contributed by atoms with Crippen LogP contribution in [0.3, 0.4) is 0 Å². The lowest BCUT2D eigenvalue weighted by molar-refractivity contribution is 0.332. The molecule has 0 amide bonds. The molecule has 0 saturated heterocycles. The fourth-order valence-electron chi connectivity index (χ4n) is 9.07. The molecule has 0 fully saturated rings. The van der Waals surface area contributed by atoms with Gasteiger partial charge in [0.05, 0.1) is 0 Å². The molecule has 4 atom stereocenters. The third-order valence-electron chi connectivity index (χ3n) is 13.3. The Balaban J connectivity index is 3.33. The molecule has 314 valence electrons. The van der Waals surface area contributed by atoms with Crippen molar-refractivity contribution < 1.29 is 0 Å². The SMILES string of the molecule is CCC(CCCCCC(C)CCCCCCCCC(C)CCCCCCCCC(C)CCCCCCCCCCCCCCCCC(C)C)C(C)C. The average Bonchev–Trinajstić information content (AvgIpc) is 3.11. The molecule has 0 N–H and O–H groups in total. The molecular formula is C52H106. The molecule has 52 heavy (non-hydrogen) atoms. The highest BCUT2D eigenvalue weighted by atomic mass is 14.2. The highest BCUT2D eigenvalue weighted by Gasteiger charge is 2.11. The van der Waals surface area contributed by atoms with Crippen LogP contribution < -0.4 is 0 Å². The standard InChI is InChI=1S/C52H106/c1-9-52(48(4)5)46-38-30-37-45-51(8)44-36-29-23-22-28-35-43-50(7)42-34-27-21-20-26-33-41-49(6)40-32-25-19-17-15-13-11-10-12-14-16-18-24-31-39-47(2)3/h47-52H,9-46H2,1-8H3. The Hall–Kier alpha value is 0. The molecule has 0 aliphatic heterocycles. The number of hydrogen-bond acceptors (Lipinski definition) is 0. The van der Waals surface area contributed by atoms with E-state index in [0.717, 1.165) is 35.5 Å². The van der Waals surface area contributed by atoms with E-state index in [1.165, 1.54) is 244 Å². The van der Waals surface area contributed by atoms with Crippen LogP contribution in [0.5, 0.6) is 0 Å². The molecule has 0 rings (SSSR count). The molecule has 0 aliphatic rings. The van der Waals surface area contributed by atoms with Crippen molar-refractivity contribution in [2.45, 2.75) is 299 Å². The Morgan fingerprint density at radius 3 is 0.635 bits per heavy atom. The van der Waals surface area contributed by atoms with Crippen LogP contribution in [-0.2, 0) is 0 Å². The largest absolute Gasteiger partial charge is 0.0651 e. The number of rotatable bonds is 43. The van der Waals surface area contributed by atoms with Crippen molar-refractivity contribution in [2.24, 2.45) is 35.5 Å². The predicted octanol–water partition coefficient (Wildman–Crippen LogP) is 19.7. The van der Waals surface area contributed by atoms with E-state index in [4.69, 9.17) is 0 Å². The summed E-state index contributed by atoms with van der Waals surface area (Å²) in [6.45, 7) is 19.4. The number of hydrogen-bond donors (Lipinski definition) is 0. The lowest BCUT2D eigenvalue weighted by Crippen LogP contribution is -2.07. The van der Waals surface area contributed by atoms with Gasteiger partial charge >= 0.3 is 0 Å². The van der Waals surface area contributed by atoms with Gasteiger partial charge in [0.2, 0.25) is 0 Å². The van der Waals surface area contributed by atoms with E-state index in [2.05, 4.69) is 55.4 Å². The summed E-state index contributed by atoms with van der Waals surface area (Å²) in [5.41, 5.74) is 0. The monoisotopic (exact) mass is 731 g/mol. The highest BCUT2D eigenvalue weighted by molar-refractivity contribution is 4.63. The van der Waals surface area contributed by atoms with Gasteiger partial charge in [-0.15, -0.1) is 0 Å². The van der Waals surface area contributed by atoms with Crippen molar-refractivity contribution in [3.8, 4) is 0 Å². The average molecular weight is 731 g/mol. The predicted molar refractivity (Wildman–Crippen MR) is 242 cm³/mol. The van der Waals surface area contributed by atoms with Gasteiger partial charge in [0, 0.05) is 0 Å². The summed E-state index contributed by atoms with van der Waals surface area (Å²) in [4.78, 5) is 0. The minimum atomic E-state index is 0.869. The smallest absolute Gasteiger partial charge is 0.0394 e. The van der Waals surface area contributed by atoms with Gasteiger partial charge in [0.25, 0.3) is 0 Å². The van der Waals surface area contributed by atoms with Gasteiger partial charge in [0.1, 0.15) is 0 Å². The maximum absolute atomic E-state index is 2.52. The lowest BCUT2D eigenvalue weighted by Gasteiger charge is -2.18. The van der Waals surface area contributed by atoms with E-state index in [1.54, 1.807) is 0 Å². The van der Waals surface area contributed by atoms with Crippen LogP contribution in [-0.4, -0.2) is 0 Å². The molecule has 0 heteroatoms. The normalized spacial score (nSPS) is 14.4. The molecule has 0 heterocycles. The van der Waals surface area contributed by atoms with Gasteiger partial charge in [0.15, 0.2) is 0 Å². The summed E-state index contributed by atoms with van der Waals surface area (Å²) in [7, 11) is 0. The van der Waals surface area contributed by atoms with Crippen molar-refractivity contribution in [1.29, 1.82) is 0 Å². The van der Waals surface area contributed by atoms with Gasteiger partial charge < -0.3 is 0 Å². The third kappa shape index (κ3) is 39.7. The van der Waals surface area contributed by atoms with Crippen molar-refractivity contribution >= 4 is 0 Å². The minimum absolute atomic E-state index is 0.869. The van der Waals surface area contributed by atoms with Crippen LogP contribution in [0.4, 0.5) is 0 Å². The van der Waals surface area contributed by atoms with Crippen molar-refractivity contribution in [3.05, 3.63) is 0 Å². The van der Waals surface area contributed by atoms with Crippen LogP contribution in [0.15, 0.2) is 0 Å². The first-order chi connectivity index (χ1) is 25.3. The molecule has 0 spiro atoms. The number of unbranched alkanes of at least 4 members (excludes halogenated alkanes) is 25. The molecule has 0 aliphatic carbocycles. The first-order valence-electron chi connectivity index (χ1n) is 25.3. The minimum Gasteiger partial charge on any atom is -0.0651 e. The van der Waals surface area contributed by atoms with E-state index in [0.29, 0.717) is 0 Å². The van der Waals surface area contributed by atoms with Crippen LogP contribution in [0, 0.1) is 35.5 Å². The topological polar surface area (TPSA) is 0 Å². The van der Waals surface area contributed by atoms with Gasteiger partial charge in [-0.1, -0.05) is 299 Å². The van der Waals surface area contributed by atoms with Crippen molar-refractivity contribution in [1.82, 2.24) is 0 Å². The van der Waals surface area contributed by atoms with Gasteiger partial charge in [-0.3, -0.25) is 0 Å². The maximum atomic E-state index is 2.52. The summed E-state index contributed by atoms with van der Waals surface area (Å²) in [6.07, 6.45) is 56.0. The molecule has 4 unspecified atom stereocenters. The van der Waals surface area contributed by atoms with E-state index in [9.17, 15) is 0 Å². The Morgan fingerprint density at radius 2 is 0.423 bits per heavy atom. The van der Waals surface area contributed by atoms with Crippen LogP contribution >= 0.6 is 0 Å². The molecular weight excluding hydrogens is 625 g/mol. The second-order valence-electron chi connectivity index (χ2n) is 19.7. The second-order valence-corrected chi connectivity index (χ2v) is 19.7. The zero-order chi connectivity index (χ0) is 38.3. The third-order valence-corrected chi connectivity index (χ3v) is 13.3. The Morgan fingerprint density at radius 1 is 0.231 bits per heavy atom. The molecule has 0 radical (unpaired) electrons. The summed E-state index contributed by atoms with van der Waals surface area (Å²) in [6, 6.07) is 0. The second kappa shape index (κ2) is 40.7. The fourth-order valence-corrected chi connectivity index (χ4v) is 9.07. The highest BCUT2D eigenvalue weighted by Crippen LogP contribution is 2.25. The first-order valence-corrected chi connectivity index (χ1v) is 25.3. The maximum Gasteiger partial charge on any atom is -0.0394 e. The summed E-state index contributed by atoms with van der Waals surface area (Å²) < 4.78 is 0. The van der Waals surface area contributed by atoms with E-state index in [-0.39, 0.29) is 0 Å². The molecule has 0 nitrogen and oxygen atoms in total. The van der Waals surface area contributed by atoms with Gasteiger partial charge in [-0.2, -0.15) is 0 Å². The fraction of sp³-hybridized carbons (Fsp3) is 1.00. The van der Waals surface area contributed by atoms with Crippen LogP contribution in [0.1, 0.15) is 299 Å². The summed E-state index contributed by atoms with van der Waals surface area (Å²) in [5, 5.41) is 0. The van der Waals surface area contributed by atoms with Crippen LogP contribution in [0.25, 0.3) is 0 Å². The van der Waals surface area contributed by atoms with Crippen molar-refractivity contribution in [2.75, 3.05) is 0 Å². The molecule has 0 aromatic rings. The van der Waals surface area contributed by atoms with Gasteiger partial charge in [-0.25, -0.2) is 0 Å². The molecule has 0 aromatic heterocycles. The Bertz CT molecular complexity index is 646. The zero-order valence-electron chi connectivity index (χ0n) is 38.3. The molecule has 0 aromatic carbocycles. The Kier molecular flexibility index (Phi) is 40.7. The van der Waals surface area contributed by atoms with E-state index in [1.807, 2.05) is 0 Å². The Labute approximate surface area is 333 Å². The van der Waals surface area contributed by atoms with E-state index >= 15 is 0 Å². The summed E-state index contributed by atoms with van der Waals surface area (Å²) >= 11 is 0. The summed E-state index contributed by atoms with van der Waals surface area (Å²) in [5.74, 6) is 5.58. The van der Waals surface area contributed by atoms with Crippen molar-refractivity contribution in [3.63, 3.8) is 0 Å².